The van der Waals surface area contributed by atoms with Gasteiger partial charge in [0.25, 0.3) is 0 Å². The van der Waals surface area contributed by atoms with E-state index in [4.69, 9.17) is 5.11 Å². The van der Waals surface area contributed by atoms with Crippen LogP contribution >= 0.6 is 0 Å². The number of carbonyl (C=O) groups is 1. The largest absolute Gasteiger partial charge is 0.481 e. The van der Waals surface area contributed by atoms with Crippen LogP contribution in [0.15, 0.2) is 12.3 Å². The zero-order valence-corrected chi connectivity index (χ0v) is 11.0. The van der Waals surface area contributed by atoms with Crippen LogP contribution in [0.5, 0.6) is 0 Å². The van der Waals surface area contributed by atoms with E-state index in [0.29, 0.717) is 5.92 Å². The number of aliphatic carboxylic acids is 1. The van der Waals surface area contributed by atoms with Crippen molar-refractivity contribution in [3.8, 4) is 0 Å². The number of anilines is 1. The molecule has 0 fully saturated rings. The number of hydrogen-bond donors (Lipinski definition) is 2. The SMILES string of the molecule is CCC(CCNc1ccnc(C)n1)CCC(=O)O. The lowest BCUT2D eigenvalue weighted by atomic mass is 9.97. The zero-order valence-electron chi connectivity index (χ0n) is 11.0. The minimum atomic E-state index is -0.715. The molecule has 0 aromatic carbocycles. The van der Waals surface area contributed by atoms with Gasteiger partial charge in [-0.1, -0.05) is 13.3 Å². The van der Waals surface area contributed by atoms with Crippen LogP contribution in [0.1, 0.15) is 38.4 Å². The van der Waals surface area contributed by atoms with Crippen LogP contribution in [0.25, 0.3) is 0 Å². The van der Waals surface area contributed by atoms with Crippen LogP contribution in [-0.4, -0.2) is 27.6 Å². The van der Waals surface area contributed by atoms with Crippen LogP contribution in [0.2, 0.25) is 0 Å². The molecule has 1 aromatic rings. The van der Waals surface area contributed by atoms with E-state index in [1.165, 1.54) is 0 Å². The topological polar surface area (TPSA) is 75.1 Å². The molecule has 1 rings (SSSR count). The van der Waals surface area contributed by atoms with Crippen LogP contribution in [0, 0.1) is 12.8 Å². The molecule has 5 heteroatoms. The van der Waals surface area contributed by atoms with Crippen LogP contribution in [0.3, 0.4) is 0 Å². The predicted octanol–water partition coefficient (Wildman–Crippen LogP) is 2.48. The van der Waals surface area contributed by atoms with Crippen molar-refractivity contribution in [2.45, 2.75) is 39.5 Å². The molecule has 1 unspecified atom stereocenters. The van der Waals surface area contributed by atoms with Gasteiger partial charge in [-0.15, -0.1) is 0 Å². The molecule has 100 valence electrons. The summed E-state index contributed by atoms with van der Waals surface area (Å²) in [6, 6.07) is 1.84. The lowest BCUT2D eigenvalue weighted by Crippen LogP contribution is -2.11. The fraction of sp³-hybridized carbons (Fsp3) is 0.615. The van der Waals surface area contributed by atoms with Gasteiger partial charge in [-0.2, -0.15) is 0 Å². The second-order valence-electron chi connectivity index (χ2n) is 4.41. The highest BCUT2D eigenvalue weighted by atomic mass is 16.4. The van der Waals surface area contributed by atoms with Gasteiger partial charge < -0.3 is 10.4 Å². The lowest BCUT2D eigenvalue weighted by Gasteiger charge is -2.14. The van der Waals surface area contributed by atoms with Crippen molar-refractivity contribution in [3.63, 3.8) is 0 Å². The van der Waals surface area contributed by atoms with Crippen molar-refractivity contribution in [1.29, 1.82) is 0 Å². The molecule has 0 saturated carbocycles. The molecule has 0 amide bonds. The predicted molar refractivity (Wildman–Crippen MR) is 70.5 cm³/mol. The van der Waals surface area contributed by atoms with E-state index in [1.54, 1.807) is 6.20 Å². The Labute approximate surface area is 108 Å². The number of aryl methyl sites for hydroxylation is 1. The maximum atomic E-state index is 10.5. The first-order chi connectivity index (χ1) is 8.61. The second kappa shape index (κ2) is 7.63. The normalized spacial score (nSPS) is 12.1. The van der Waals surface area contributed by atoms with E-state index in [-0.39, 0.29) is 6.42 Å². The molecule has 5 nitrogen and oxygen atoms in total. The average molecular weight is 251 g/mol. The Morgan fingerprint density at radius 2 is 2.28 bits per heavy atom. The van der Waals surface area contributed by atoms with Crippen LogP contribution in [0.4, 0.5) is 5.82 Å². The Kier molecular flexibility index (Phi) is 6.11. The first kappa shape index (κ1) is 14.4. The Hall–Kier alpha value is -1.65. The quantitative estimate of drug-likeness (QED) is 0.742. The summed E-state index contributed by atoms with van der Waals surface area (Å²) in [6.45, 7) is 4.77. The Bertz CT molecular complexity index is 382. The number of nitrogens with one attached hydrogen (secondary N) is 1. The number of hydrogen-bond acceptors (Lipinski definition) is 4. The first-order valence-corrected chi connectivity index (χ1v) is 6.37. The van der Waals surface area contributed by atoms with Crippen molar-refractivity contribution >= 4 is 11.8 Å². The van der Waals surface area contributed by atoms with Gasteiger partial charge in [-0.05, 0) is 31.7 Å². The number of carboxylic acid groups (broad SMARTS) is 1. The Balaban J connectivity index is 2.28. The molecular formula is C13H21N3O2. The highest BCUT2D eigenvalue weighted by Gasteiger charge is 2.08. The van der Waals surface area contributed by atoms with Gasteiger partial charge in [-0.25, -0.2) is 9.97 Å². The molecule has 0 bridgehead atoms. The van der Waals surface area contributed by atoms with E-state index in [1.807, 2.05) is 13.0 Å². The van der Waals surface area contributed by atoms with Gasteiger partial charge in [0, 0.05) is 19.2 Å². The average Bonchev–Trinajstić information content (AvgIpc) is 2.33. The molecule has 0 spiro atoms. The number of aromatic nitrogens is 2. The summed E-state index contributed by atoms with van der Waals surface area (Å²) >= 11 is 0. The van der Waals surface area contributed by atoms with Crippen LogP contribution in [-0.2, 0) is 4.79 Å². The van der Waals surface area contributed by atoms with E-state index < -0.39 is 5.97 Å². The second-order valence-corrected chi connectivity index (χ2v) is 4.41. The van der Waals surface area contributed by atoms with Crippen molar-refractivity contribution in [2.24, 2.45) is 5.92 Å². The fourth-order valence-electron chi connectivity index (χ4n) is 1.84. The Morgan fingerprint density at radius 3 is 2.89 bits per heavy atom. The van der Waals surface area contributed by atoms with Gasteiger partial charge in [0.05, 0.1) is 0 Å². The standard InChI is InChI=1S/C13H21N3O2/c1-3-11(4-5-13(17)18)6-8-15-12-7-9-14-10(2)16-12/h7,9,11H,3-6,8H2,1-2H3,(H,17,18)(H,14,15,16). The summed E-state index contributed by atoms with van der Waals surface area (Å²) in [6.07, 6.45) is 4.71. The summed E-state index contributed by atoms with van der Waals surface area (Å²) in [5, 5.41) is 11.9. The van der Waals surface area contributed by atoms with Gasteiger partial charge >= 0.3 is 5.97 Å². The molecule has 0 radical (unpaired) electrons. The molecule has 0 aliphatic carbocycles. The van der Waals surface area contributed by atoms with Crippen LogP contribution < -0.4 is 5.32 Å². The maximum Gasteiger partial charge on any atom is 0.303 e. The molecule has 1 heterocycles. The van der Waals surface area contributed by atoms with Gasteiger partial charge in [0.2, 0.25) is 0 Å². The fourth-order valence-corrected chi connectivity index (χ4v) is 1.84. The number of rotatable bonds is 8. The van der Waals surface area contributed by atoms with Crippen molar-refractivity contribution in [1.82, 2.24) is 9.97 Å². The molecule has 2 N–H and O–H groups in total. The van der Waals surface area contributed by atoms with Crippen molar-refractivity contribution < 1.29 is 9.90 Å². The van der Waals surface area contributed by atoms with Crippen molar-refractivity contribution in [2.75, 3.05) is 11.9 Å². The van der Waals surface area contributed by atoms with E-state index >= 15 is 0 Å². The third-order valence-corrected chi connectivity index (χ3v) is 2.98. The third kappa shape index (κ3) is 5.61. The van der Waals surface area contributed by atoms with Gasteiger partial charge in [0.1, 0.15) is 11.6 Å². The Morgan fingerprint density at radius 1 is 1.50 bits per heavy atom. The number of carboxylic acids is 1. The molecule has 0 aliphatic heterocycles. The summed E-state index contributed by atoms with van der Waals surface area (Å²) in [5.41, 5.74) is 0. The van der Waals surface area contributed by atoms with E-state index in [2.05, 4.69) is 22.2 Å². The monoisotopic (exact) mass is 251 g/mol. The highest BCUT2D eigenvalue weighted by molar-refractivity contribution is 5.66. The smallest absolute Gasteiger partial charge is 0.303 e. The zero-order chi connectivity index (χ0) is 13.4. The minimum absolute atomic E-state index is 0.255. The first-order valence-electron chi connectivity index (χ1n) is 6.37. The lowest BCUT2D eigenvalue weighted by molar-refractivity contribution is -0.137. The molecule has 18 heavy (non-hydrogen) atoms. The summed E-state index contributed by atoms with van der Waals surface area (Å²) in [4.78, 5) is 18.8. The summed E-state index contributed by atoms with van der Waals surface area (Å²) in [7, 11) is 0. The highest BCUT2D eigenvalue weighted by Crippen LogP contribution is 2.15. The molecule has 0 saturated heterocycles. The summed E-state index contributed by atoms with van der Waals surface area (Å²) < 4.78 is 0. The van der Waals surface area contributed by atoms with Crippen molar-refractivity contribution in [3.05, 3.63) is 18.1 Å². The van der Waals surface area contributed by atoms with E-state index in [9.17, 15) is 4.79 Å². The summed E-state index contributed by atoms with van der Waals surface area (Å²) in [5.74, 6) is 1.32. The van der Waals surface area contributed by atoms with Gasteiger partial charge in [-0.3, -0.25) is 4.79 Å². The third-order valence-electron chi connectivity index (χ3n) is 2.98. The minimum Gasteiger partial charge on any atom is -0.481 e. The van der Waals surface area contributed by atoms with E-state index in [0.717, 1.165) is 37.4 Å². The molecular weight excluding hydrogens is 230 g/mol. The molecule has 1 atom stereocenters. The maximum absolute atomic E-state index is 10.5. The molecule has 0 aliphatic rings. The van der Waals surface area contributed by atoms with Gasteiger partial charge in [0.15, 0.2) is 0 Å². The molecule has 1 aromatic heterocycles. The number of nitrogens with zero attached hydrogens (tertiary/aromatic N) is 2.